The summed E-state index contributed by atoms with van der Waals surface area (Å²) in [6, 6.07) is 3.79. The zero-order chi connectivity index (χ0) is 13.9. The molecular weight excluding hydrogens is 236 g/mol. The minimum atomic E-state index is -1.19. The maximum absolute atomic E-state index is 11.1. The van der Waals surface area contributed by atoms with Crippen LogP contribution in [0.25, 0.3) is 0 Å². The number of carboxylic acid groups (broad SMARTS) is 1. The van der Waals surface area contributed by atoms with Gasteiger partial charge in [0.25, 0.3) is 5.69 Å². The Morgan fingerprint density at radius 3 is 2.56 bits per heavy atom. The minimum absolute atomic E-state index is 0.0919. The summed E-state index contributed by atoms with van der Waals surface area (Å²) in [7, 11) is 0. The summed E-state index contributed by atoms with van der Waals surface area (Å²) in [6.07, 6.45) is 0.795. The molecule has 0 spiro atoms. The van der Waals surface area contributed by atoms with E-state index in [0.29, 0.717) is 5.69 Å². The highest BCUT2D eigenvalue weighted by Crippen LogP contribution is 2.26. The molecule has 6 nitrogen and oxygen atoms in total. The van der Waals surface area contributed by atoms with Gasteiger partial charge in [-0.15, -0.1) is 0 Å². The predicted molar refractivity (Wildman–Crippen MR) is 68.0 cm³/mol. The van der Waals surface area contributed by atoms with Crippen LogP contribution < -0.4 is 5.32 Å². The normalized spacial score (nSPS) is 11.1. The predicted octanol–water partition coefficient (Wildman–Crippen LogP) is 2.89. The first-order valence-electron chi connectivity index (χ1n) is 5.57. The van der Waals surface area contributed by atoms with Gasteiger partial charge in [-0.25, -0.2) is 4.79 Å². The Morgan fingerprint density at radius 1 is 1.50 bits per heavy atom. The van der Waals surface area contributed by atoms with Crippen LogP contribution >= 0.6 is 0 Å². The van der Waals surface area contributed by atoms with Crippen molar-refractivity contribution in [2.75, 3.05) is 5.32 Å². The molecule has 0 saturated carbocycles. The molecule has 0 bridgehead atoms. The number of anilines is 1. The van der Waals surface area contributed by atoms with Crippen molar-refractivity contribution in [1.82, 2.24) is 0 Å². The van der Waals surface area contributed by atoms with E-state index >= 15 is 0 Å². The first kappa shape index (κ1) is 14.0. The third kappa shape index (κ3) is 3.19. The Labute approximate surface area is 105 Å². The molecule has 0 heterocycles. The molecule has 98 valence electrons. The Balaban J connectivity index is 3.20. The zero-order valence-electron chi connectivity index (χ0n) is 10.6. The lowest BCUT2D eigenvalue weighted by Crippen LogP contribution is -2.30. The number of non-ortho nitro benzene ring substituents is 1. The molecule has 1 rings (SSSR count). The second-order valence-corrected chi connectivity index (χ2v) is 4.65. The van der Waals surface area contributed by atoms with Crippen LogP contribution in [-0.2, 0) is 0 Å². The number of benzene rings is 1. The smallest absolute Gasteiger partial charge is 0.338 e. The highest BCUT2D eigenvalue weighted by molar-refractivity contribution is 5.95. The van der Waals surface area contributed by atoms with Gasteiger partial charge in [-0.2, -0.15) is 0 Å². The molecular formula is C12H16N2O4. The van der Waals surface area contributed by atoms with Crippen LogP contribution in [0.5, 0.6) is 0 Å². The van der Waals surface area contributed by atoms with Crippen molar-refractivity contribution in [1.29, 1.82) is 0 Å². The molecule has 0 radical (unpaired) electrons. The van der Waals surface area contributed by atoms with Crippen LogP contribution in [0.2, 0.25) is 0 Å². The summed E-state index contributed by atoms with van der Waals surface area (Å²) < 4.78 is 0. The molecule has 6 heteroatoms. The summed E-state index contributed by atoms with van der Waals surface area (Å²) in [5.74, 6) is -1.19. The van der Waals surface area contributed by atoms with Crippen LogP contribution in [0.15, 0.2) is 18.2 Å². The lowest BCUT2D eigenvalue weighted by molar-refractivity contribution is -0.384. The second-order valence-electron chi connectivity index (χ2n) is 4.65. The lowest BCUT2D eigenvalue weighted by atomic mass is 10.0. The maximum Gasteiger partial charge on any atom is 0.338 e. The third-order valence-electron chi connectivity index (χ3n) is 2.80. The average Bonchev–Trinajstić information content (AvgIpc) is 2.28. The number of nitrogens with one attached hydrogen (secondary N) is 1. The third-order valence-corrected chi connectivity index (χ3v) is 2.80. The molecule has 0 aliphatic rings. The molecule has 1 aromatic rings. The number of rotatable bonds is 5. The summed E-state index contributed by atoms with van der Waals surface area (Å²) in [5, 5.41) is 22.8. The van der Waals surface area contributed by atoms with Gasteiger partial charge in [0, 0.05) is 23.4 Å². The zero-order valence-corrected chi connectivity index (χ0v) is 10.6. The molecule has 0 aliphatic heterocycles. The van der Waals surface area contributed by atoms with Crippen LogP contribution in [0.4, 0.5) is 11.4 Å². The van der Waals surface area contributed by atoms with Gasteiger partial charge in [0.05, 0.1) is 10.5 Å². The monoisotopic (exact) mass is 252 g/mol. The van der Waals surface area contributed by atoms with Crippen molar-refractivity contribution in [3.63, 3.8) is 0 Å². The highest BCUT2D eigenvalue weighted by Gasteiger charge is 2.21. The van der Waals surface area contributed by atoms with E-state index in [9.17, 15) is 14.9 Å². The standard InChI is InChI=1S/C12H16N2O4/c1-4-12(2,3)13-10-6-5-8(14(17)18)7-9(10)11(15)16/h5-7,13H,4H2,1-3H3,(H,15,16). The maximum atomic E-state index is 11.1. The number of nitro groups is 1. The molecule has 0 unspecified atom stereocenters. The van der Waals surface area contributed by atoms with Gasteiger partial charge < -0.3 is 10.4 Å². The van der Waals surface area contributed by atoms with E-state index in [1.165, 1.54) is 12.1 Å². The van der Waals surface area contributed by atoms with E-state index in [4.69, 9.17) is 5.11 Å². The number of aromatic carboxylic acids is 1. The SMILES string of the molecule is CCC(C)(C)Nc1ccc([N+](=O)[O-])cc1C(=O)O. The van der Waals surface area contributed by atoms with Crippen LogP contribution in [0.3, 0.4) is 0 Å². The fourth-order valence-corrected chi connectivity index (χ4v) is 1.38. The molecule has 0 aliphatic carbocycles. The molecule has 18 heavy (non-hydrogen) atoms. The van der Waals surface area contributed by atoms with E-state index in [1.54, 1.807) is 0 Å². The van der Waals surface area contributed by atoms with E-state index in [-0.39, 0.29) is 16.8 Å². The van der Waals surface area contributed by atoms with Crippen LogP contribution in [0.1, 0.15) is 37.6 Å². The Bertz CT molecular complexity index is 483. The molecule has 0 aromatic heterocycles. The second kappa shape index (κ2) is 5.03. The first-order chi connectivity index (χ1) is 8.26. The van der Waals surface area contributed by atoms with Gasteiger partial charge in [-0.3, -0.25) is 10.1 Å². The molecule has 0 atom stereocenters. The molecule has 0 amide bonds. The van der Waals surface area contributed by atoms with Crippen molar-refractivity contribution in [3.05, 3.63) is 33.9 Å². The number of hydrogen-bond acceptors (Lipinski definition) is 4. The molecule has 0 fully saturated rings. The van der Waals surface area contributed by atoms with Crippen LogP contribution in [-0.4, -0.2) is 21.5 Å². The number of carboxylic acids is 1. The van der Waals surface area contributed by atoms with Crippen molar-refractivity contribution >= 4 is 17.3 Å². The van der Waals surface area contributed by atoms with Gasteiger partial charge in [-0.1, -0.05) is 6.92 Å². The van der Waals surface area contributed by atoms with Crippen molar-refractivity contribution in [2.45, 2.75) is 32.7 Å². The van der Waals surface area contributed by atoms with Gasteiger partial charge >= 0.3 is 5.97 Å². The van der Waals surface area contributed by atoms with Crippen LogP contribution in [0, 0.1) is 10.1 Å². The summed E-state index contributed by atoms with van der Waals surface area (Å²) in [4.78, 5) is 21.1. The topological polar surface area (TPSA) is 92.5 Å². The highest BCUT2D eigenvalue weighted by atomic mass is 16.6. The number of nitro benzene ring substituents is 1. The molecule has 2 N–H and O–H groups in total. The van der Waals surface area contributed by atoms with E-state index in [1.807, 2.05) is 20.8 Å². The summed E-state index contributed by atoms with van der Waals surface area (Å²) in [6.45, 7) is 5.83. The van der Waals surface area contributed by atoms with Crippen molar-refractivity contribution < 1.29 is 14.8 Å². The Kier molecular flexibility index (Phi) is 3.90. The minimum Gasteiger partial charge on any atom is -0.478 e. The van der Waals surface area contributed by atoms with E-state index in [2.05, 4.69) is 5.32 Å². The number of nitrogens with zero attached hydrogens (tertiary/aromatic N) is 1. The van der Waals surface area contributed by atoms with Gasteiger partial charge in [0.15, 0.2) is 0 Å². The van der Waals surface area contributed by atoms with Gasteiger partial charge in [-0.05, 0) is 26.3 Å². The molecule has 1 aromatic carbocycles. The summed E-state index contributed by atoms with van der Waals surface area (Å²) in [5.41, 5.74) is -0.210. The molecule has 0 saturated heterocycles. The lowest BCUT2D eigenvalue weighted by Gasteiger charge is -2.26. The fraction of sp³-hybridized carbons (Fsp3) is 0.417. The Hall–Kier alpha value is -2.11. The van der Waals surface area contributed by atoms with Gasteiger partial charge in [0.1, 0.15) is 0 Å². The Morgan fingerprint density at radius 2 is 2.11 bits per heavy atom. The fourth-order valence-electron chi connectivity index (χ4n) is 1.38. The van der Waals surface area contributed by atoms with Crippen molar-refractivity contribution in [3.8, 4) is 0 Å². The number of hydrogen-bond donors (Lipinski definition) is 2. The summed E-state index contributed by atoms with van der Waals surface area (Å²) >= 11 is 0. The quantitative estimate of drug-likeness (QED) is 0.620. The number of carbonyl (C=O) groups is 1. The first-order valence-corrected chi connectivity index (χ1v) is 5.57. The van der Waals surface area contributed by atoms with E-state index < -0.39 is 10.9 Å². The average molecular weight is 252 g/mol. The van der Waals surface area contributed by atoms with E-state index in [0.717, 1.165) is 12.5 Å². The largest absolute Gasteiger partial charge is 0.478 e. The van der Waals surface area contributed by atoms with Gasteiger partial charge in [0.2, 0.25) is 0 Å². The van der Waals surface area contributed by atoms with Crippen molar-refractivity contribution in [2.24, 2.45) is 0 Å².